The summed E-state index contributed by atoms with van der Waals surface area (Å²) >= 11 is 1.65. The fourth-order valence-corrected chi connectivity index (χ4v) is 3.84. The summed E-state index contributed by atoms with van der Waals surface area (Å²) in [6, 6.07) is 3.23. The summed E-state index contributed by atoms with van der Waals surface area (Å²) in [5.74, 6) is -1.34. The molecule has 0 saturated heterocycles. The third-order valence-corrected chi connectivity index (χ3v) is 5.00. The Kier molecular flexibility index (Phi) is 4.78. The van der Waals surface area contributed by atoms with Gasteiger partial charge in [-0.15, -0.1) is 11.3 Å². The lowest BCUT2D eigenvalue weighted by molar-refractivity contribution is -0.137. The first-order valence-corrected chi connectivity index (χ1v) is 8.95. The molecule has 1 atom stereocenters. The first kappa shape index (κ1) is 18.1. The Bertz CT molecular complexity index is 1010. The molecule has 0 aromatic carbocycles. The van der Waals surface area contributed by atoms with Gasteiger partial charge in [0.15, 0.2) is 0 Å². The molecule has 3 heterocycles. The largest absolute Gasteiger partial charge is 0.481 e. The van der Waals surface area contributed by atoms with Gasteiger partial charge >= 0.3 is 5.97 Å². The Balaban J connectivity index is 2.08. The number of nitrogens with one attached hydrogen (secondary N) is 1. The number of amides is 1. The summed E-state index contributed by atoms with van der Waals surface area (Å²) < 4.78 is 5.29. The number of thiophene rings is 1. The average molecular weight is 373 g/mol. The zero-order valence-electron chi connectivity index (χ0n) is 14.9. The summed E-state index contributed by atoms with van der Waals surface area (Å²) in [5, 5.41) is 16.1. The van der Waals surface area contributed by atoms with E-state index in [9.17, 15) is 9.59 Å². The molecule has 2 N–H and O–H groups in total. The van der Waals surface area contributed by atoms with E-state index in [0.29, 0.717) is 28.1 Å². The monoisotopic (exact) mass is 373 g/mol. The number of carboxylic acid groups (broad SMARTS) is 1. The van der Waals surface area contributed by atoms with Crippen LogP contribution in [-0.4, -0.2) is 33.2 Å². The topological polar surface area (TPSA) is 105 Å². The van der Waals surface area contributed by atoms with Crippen molar-refractivity contribution in [2.45, 2.75) is 40.2 Å². The maximum Gasteiger partial charge on any atom is 0.305 e. The molecule has 7 nitrogen and oxygen atoms in total. The quantitative estimate of drug-likeness (QED) is 0.709. The Morgan fingerprint density at radius 3 is 2.65 bits per heavy atom. The number of carbonyl (C=O) groups is 2. The first-order chi connectivity index (χ1) is 12.3. The van der Waals surface area contributed by atoms with Crippen LogP contribution >= 0.6 is 11.3 Å². The molecule has 0 saturated carbocycles. The minimum Gasteiger partial charge on any atom is -0.481 e. The second kappa shape index (κ2) is 6.87. The molecule has 0 fully saturated rings. The highest BCUT2D eigenvalue weighted by Crippen LogP contribution is 2.32. The number of aryl methyl sites for hydroxylation is 3. The molecule has 0 aliphatic heterocycles. The fourth-order valence-electron chi connectivity index (χ4n) is 2.91. The third kappa shape index (κ3) is 3.45. The van der Waals surface area contributed by atoms with Crippen LogP contribution in [-0.2, 0) is 4.79 Å². The predicted octanol–water partition coefficient (Wildman–Crippen LogP) is 3.47. The zero-order chi connectivity index (χ0) is 19.0. The van der Waals surface area contributed by atoms with Crippen molar-refractivity contribution in [2.24, 2.45) is 0 Å². The molecule has 0 aliphatic carbocycles. The first-order valence-electron chi connectivity index (χ1n) is 8.13. The van der Waals surface area contributed by atoms with Crippen molar-refractivity contribution in [2.75, 3.05) is 0 Å². The fraction of sp³-hybridized carbons (Fsp3) is 0.333. The van der Waals surface area contributed by atoms with Crippen LogP contribution in [0, 0.1) is 20.8 Å². The lowest BCUT2D eigenvalue weighted by atomic mass is 10.0. The lowest BCUT2D eigenvalue weighted by Gasteiger charge is -2.13. The van der Waals surface area contributed by atoms with Gasteiger partial charge in [0.05, 0.1) is 28.8 Å². The van der Waals surface area contributed by atoms with E-state index in [-0.39, 0.29) is 12.3 Å². The van der Waals surface area contributed by atoms with Gasteiger partial charge in [-0.25, -0.2) is 4.98 Å². The zero-order valence-corrected chi connectivity index (χ0v) is 15.7. The van der Waals surface area contributed by atoms with Crippen LogP contribution in [0.1, 0.15) is 39.2 Å². The molecule has 3 aromatic heterocycles. The predicted molar refractivity (Wildman–Crippen MR) is 98.5 cm³/mol. The number of hydrogen-bond acceptors (Lipinski definition) is 6. The number of pyridine rings is 1. The van der Waals surface area contributed by atoms with Gasteiger partial charge in [-0.05, 0) is 39.8 Å². The van der Waals surface area contributed by atoms with Crippen LogP contribution < -0.4 is 5.32 Å². The smallest absolute Gasteiger partial charge is 0.305 e. The molecule has 26 heavy (non-hydrogen) atoms. The minimum atomic E-state index is -0.969. The van der Waals surface area contributed by atoms with E-state index in [1.807, 2.05) is 19.9 Å². The van der Waals surface area contributed by atoms with Gasteiger partial charge in [0.25, 0.3) is 11.6 Å². The summed E-state index contributed by atoms with van der Waals surface area (Å²) in [6.07, 6.45) is -0.154. The van der Waals surface area contributed by atoms with Crippen molar-refractivity contribution < 1.29 is 19.2 Å². The number of hydrogen-bond donors (Lipinski definition) is 2. The number of carboxylic acids is 1. The highest BCUT2D eigenvalue weighted by Gasteiger charge is 2.22. The van der Waals surface area contributed by atoms with Crippen LogP contribution in [0.15, 0.2) is 16.7 Å². The Hall–Kier alpha value is -2.74. The van der Waals surface area contributed by atoms with Gasteiger partial charge in [0.1, 0.15) is 0 Å². The van der Waals surface area contributed by atoms with E-state index in [4.69, 9.17) is 9.63 Å². The summed E-state index contributed by atoms with van der Waals surface area (Å²) in [7, 11) is 0. The molecule has 0 bridgehead atoms. The van der Waals surface area contributed by atoms with Crippen molar-refractivity contribution in [1.82, 2.24) is 15.5 Å². The SMILES string of the molecule is Cc1cc(-c2cc(C(=O)NC(C)CC(=O)O)c3c(C)noc3n2)c(C)s1. The number of carbonyl (C=O) groups excluding carboxylic acids is 1. The van der Waals surface area contributed by atoms with Crippen LogP contribution in [0.5, 0.6) is 0 Å². The van der Waals surface area contributed by atoms with Crippen molar-refractivity contribution in [3.63, 3.8) is 0 Å². The van der Waals surface area contributed by atoms with Crippen molar-refractivity contribution in [3.8, 4) is 11.3 Å². The Morgan fingerprint density at radius 2 is 2.04 bits per heavy atom. The van der Waals surface area contributed by atoms with Crippen LogP contribution in [0.25, 0.3) is 22.4 Å². The molecule has 0 aliphatic rings. The minimum absolute atomic E-state index is 0.154. The highest BCUT2D eigenvalue weighted by molar-refractivity contribution is 7.12. The molecular formula is C18H19N3O4S. The summed E-state index contributed by atoms with van der Waals surface area (Å²) in [4.78, 5) is 30.4. The van der Waals surface area contributed by atoms with Gasteiger partial charge in [-0.3, -0.25) is 9.59 Å². The number of nitrogens with zero attached hydrogens (tertiary/aromatic N) is 2. The maximum atomic E-state index is 12.8. The molecular weight excluding hydrogens is 354 g/mol. The molecule has 8 heteroatoms. The second-order valence-electron chi connectivity index (χ2n) is 6.30. The van der Waals surface area contributed by atoms with Crippen LogP contribution in [0.3, 0.4) is 0 Å². The normalized spacial score (nSPS) is 12.3. The molecule has 3 aromatic rings. The van der Waals surface area contributed by atoms with Crippen LogP contribution in [0.2, 0.25) is 0 Å². The second-order valence-corrected chi connectivity index (χ2v) is 7.76. The van der Waals surface area contributed by atoms with Gasteiger partial charge in [0.2, 0.25) is 0 Å². The molecule has 136 valence electrons. The van der Waals surface area contributed by atoms with Crippen molar-refractivity contribution >= 4 is 34.3 Å². The van der Waals surface area contributed by atoms with E-state index >= 15 is 0 Å². The highest BCUT2D eigenvalue weighted by atomic mass is 32.1. The lowest BCUT2D eigenvalue weighted by Crippen LogP contribution is -2.34. The standard InChI is InChI=1S/C18H19N3O4S/c1-8(5-15(22)23)19-17(24)13-7-14(12-6-9(2)26-11(12)4)20-18-16(13)10(3)21-25-18/h6-8H,5H2,1-4H3,(H,19,24)(H,22,23). The van der Waals surface area contributed by atoms with E-state index in [2.05, 4.69) is 15.5 Å². The number of aromatic nitrogens is 2. The molecule has 0 radical (unpaired) electrons. The maximum absolute atomic E-state index is 12.8. The summed E-state index contributed by atoms with van der Waals surface area (Å²) in [5.41, 5.74) is 2.81. The van der Waals surface area contributed by atoms with Gasteiger partial charge in [-0.1, -0.05) is 5.16 Å². The number of aliphatic carboxylic acids is 1. The van der Waals surface area contributed by atoms with E-state index in [1.54, 1.807) is 31.3 Å². The van der Waals surface area contributed by atoms with Crippen molar-refractivity contribution in [3.05, 3.63) is 33.1 Å². The third-order valence-electron chi connectivity index (χ3n) is 4.04. The van der Waals surface area contributed by atoms with E-state index in [0.717, 1.165) is 15.3 Å². The Labute approximate surface area is 154 Å². The molecule has 1 unspecified atom stereocenters. The van der Waals surface area contributed by atoms with Gasteiger partial charge in [0, 0.05) is 21.4 Å². The molecule has 1 amide bonds. The van der Waals surface area contributed by atoms with Gasteiger partial charge < -0.3 is 14.9 Å². The summed E-state index contributed by atoms with van der Waals surface area (Å²) in [6.45, 7) is 7.40. The van der Waals surface area contributed by atoms with Gasteiger partial charge in [-0.2, -0.15) is 0 Å². The number of fused-ring (bicyclic) bond motifs is 1. The molecule has 0 spiro atoms. The molecule has 3 rings (SSSR count). The van der Waals surface area contributed by atoms with E-state index in [1.165, 1.54) is 0 Å². The number of rotatable bonds is 5. The van der Waals surface area contributed by atoms with Crippen molar-refractivity contribution in [1.29, 1.82) is 0 Å². The Morgan fingerprint density at radius 1 is 1.31 bits per heavy atom. The van der Waals surface area contributed by atoms with E-state index < -0.39 is 12.0 Å². The average Bonchev–Trinajstić information content (AvgIpc) is 3.08. The van der Waals surface area contributed by atoms with Crippen LogP contribution in [0.4, 0.5) is 0 Å².